The summed E-state index contributed by atoms with van der Waals surface area (Å²) in [6, 6.07) is 7.48. The molecule has 1 heterocycles. The van der Waals surface area contributed by atoms with Crippen molar-refractivity contribution in [2.24, 2.45) is 0 Å². The largest absolute Gasteiger partial charge is 0.375 e. The molecule has 0 aliphatic rings. The van der Waals surface area contributed by atoms with Gasteiger partial charge < -0.3 is 10.6 Å². The van der Waals surface area contributed by atoms with Gasteiger partial charge in [0.1, 0.15) is 5.69 Å². The average molecular weight is 296 g/mol. The number of halogens is 1. The van der Waals surface area contributed by atoms with E-state index in [0.717, 1.165) is 5.56 Å². The number of benzene rings is 1. The molecule has 0 saturated carbocycles. The summed E-state index contributed by atoms with van der Waals surface area (Å²) in [7, 11) is 0. The molecule has 0 spiro atoms. The van der Waals surface area contributed by atoms with Gasteiger partial charge in [-0.3, -0.25) is 4.79 Å². The highest BCUT2D eigenvalue weighted by Crippen LogP contribution is 2.16. The molecule has 1 amide bonds. The number of hydrogen-bond donors (Lipinski definition) is 1. The molecule has 2 aromatic rings. The maximum Gasteiger partial charge on any atom is 0.273 e. The number of amides is 1. The van der Waals surface area contributed by atoms with E-state index in [2.05, 4.69) is 4.98 Å². The second-order valence-electron chi connectivity index (χ2n) is 4.02. The highest BCUT2D eigenvalue weighted by Gasteiger charge is 2.17. The number of carbonyl (C=O) groups excluding carboxylic acids is 1. The Balaban J connectivity index is 2.14. The quantitative estimate of drug-likeness (QED) is 0.943. The van der Waals surface area contributed by atoms with Gasteiger partial charge in [-0.2, -0.15) is 0 Å². The molecule has 0 atom stereocenters. The summed E-state index contributed by atoms with van der Waals surface area (Å²) in [6.45, 7) is 3.04. The average Bonchev–Trinajstić information content (AvgIpc) is 2.82. The Morgan fingerprint density at radius 3 is 2.89 bits per heavy atom. The molecule has 6 heteroatoms. The Morgan fingerprint density at radius 2 is 2.32 bits per heavy atom. The van der Waals surface area contributed by atoms with E-state index >= 15 is 0 Å². The molecule has 0 radical (unpaired) electrons. The van der Waals surface area contributed by atoms with E-state index in [-0.39, 0.29) is 5.91 Å². The van der Waals surface area contributed by atoms with E-state index in [9.17, 15) is 4.79 Å². The Kier molecular flexibility index (Phi) is 4.39. The third kappa shape index (κ3) is 3.45. The Labute approximate surface area is 120 Å². The van der Waals surface area contributed by atoms with E-state index in [1.165, 1.54) is 11.3 Å². The lowest BCUT2D eigenvalue weighted by molar-refractivity contribution is 0.0747. The van der Waals surface area contributed by atoms with Crippen LogP contribution in [0.2, 0.25) is 5.02 Å². The number of hydrogen-bond acceptors (Lipinski definition) is 4. The molecule has 1 aromatic carbocycles. The number of nitrogen functional groups attached to an aromatic ring is 1. The van der Waals surface area contributed by atoms with Crippen molar-refractivity contribution in [3.8, 4) is 0 Å². The normalized spacial score (nSPS) is 10.4. The topological polar surface area (TPSA) is 59.2 Å². The fraction of sp³-hybridized carbons (Fsp3) is 0.231. The van der Waals surface area contributed by atoms with Gasteiger partial charge in [-0.1, -0.05) is 23.7 Å². The lowest BCUT2D eigenvalue weighted by Crippen LogP contribution is -2.30. The van der Waals surface area contributed by atoms with E-state index in [1.807, 2.05) is 31.2 Å². The molecular formula is C13H14ClN3OS. The van der Waals surface area contributed by atoms with Gasteiger partial charge in [0.05, 0.1) is 0 Å². The van der Waals surface area contributed by atoms with Crippen LogP contribution in [0.3, 0.4) is 0 Å². The lowest BCUT2D eigenvalue weighted by atomic mass is 10.2. The van der Waals surface area contributed by atoms with Gasteiger partial charge in [0.2, 0.25) is 0 Å². The summed E-state index contributed by atoms with van der Waals surface area (Å²) in [5, 5.41) is 2.75. The van der Waals surface area contributed by atoms with E-state index < -0.39 is 0 Å². The Hall–Kier alpha value is -1.59. The minimum absolute atomic E-state index is 0.115. The Bertz CT molecular complexity index is 585. The SMILES string of the molecule is CCN(Cc1cccc(Cl)c1)C(=O)c1csc(N)n1. The molecule has 19 heavy (non-hydrogen) atoms. The summed E-state index contributed by atoms with van der Waals surface area (Å²) in [5.74, 6) is -0.115. The van der Waals surface area contributed by atoms with Crippen LogP contribution in [0.15, 0.2) is 29.6 Å². The fourth-order valence-corrected chi connectivity index (χ4v) is 2.48. The molecule has 2 rings (SSSR count). The third-order valence-electron chi connectivity index (χ3n) is 2.67. The smallest absolute Gasteiger partial charge is 0.273 e. The minimum Gasteiger partial charge on any atom is -0.375 e. The van der Waals surface area contributed by atoms with Crippen molar-refractivity contribution in [3.05, 3.63) is 45.9 Å². The van der Waals surface area contributed by atoms with Crippen LogP contribution >= 0.6 is 22.9 Å². The van der Waals surface area contributed by atoms with Crippen LogP contribution in [0.25, 0.3) is 0 Å². The second kappa shape index (κ2) is 6.04. The standard InChI is InChI=1S/C13H14ClN3OS/c1-2-17(7-9-4-3-5-10(14)6-9)12(18)11-8-19-13(15)16-11/h3-6,8H,2,7H2,1H3,(H2,15,16). The van der Waals surface area contributed by atoms with Crippen LogP contribution in [0, 0.1) is 0 Å². The molecule has 100 valence electrons. The van der Waals surface area contributed by atoms with Crippen molar-refractivity contribution in [2.75, 3.05) is 12.3 Å². The van der Waals surface area contributed by atoms with E-state index in [1.54, 1.807) is 10.3 Å². The number of carbonyl (C=O) groups is 1. The molecule has 0 aliphatic heterocycles. The van der Waals surface area contributed by atoms with Crippen molar-refractivity contribution >= 4 is 34.0 Å². The highest BCUT2D eigenvalue weighted by atomic mass is 35.5. The zero-order valence-electron chi connectivity index (χ0n) is 10.5. The third-order valence-corrected chi connectivity index (χ3v) is 3.58. The van der Waals surface area contributed by atoms with Gasteiger partial charge >= 0.3 is 0 Å². The zero-order chi connectivity index (χ0) is 13.8. The predicted octanol–water partition coefficient (Wildman–Crippen LogP) is 3.04. The first-order valence-electron chi connectivity index (χ1n) is 5.85. The molecule has 0 fully saturated rings. The van der Waals surface area contributed by atoms with Gasteiger partial charge in [-0.05, 0) is 24.6 Å². The molecule has 4 nitrogen and oxygen atoms in total. The first-order chi connectivity index (χ1) is 9.10. The summed E-state index contributed by atoms with van der Waals surface area (Å²) in [4.78, 5) is 18.0. The minimum atomic E-state index is -0.115. The number of aromatic nitrogens is 1. The summed E-state index contributed by atoms with van der Waals surface area (Å²) >= 11 is 7.21. The number of thiazole rings is 1. The number of rotatable bonds is 4. The number of nitrogens with zero attached hydrogens (tertiary/aromatic N) is 2. The molecule has 0 saturated heterocycles. The monoisotopic (exact) mass is 295 g/mol. The summed E-state index contributed by atoms with van der Waals surface area (Å²) in [5.41, 5.74) is 6.94. The molecule has 0 aliphatic carbocycles. The van der Waals surface area contributed by atoms with Crippen LogP contribution in [0.1, 0.15) is 23.0 Å². The van der Waals surface area contributed by atoms with Gasteiger partial charge in [0.15, 0.2) is 5.13 Å². The summed E-state index contributed by atoms with van der Waals surface area (Å²) in [6.07, 6.45) is 0. The predicted molar refractivity (Wildman–Crippen MR) is 78.4 cm³/mol. The van der Waals surface area contributed by atoms with Crippen molar-refractivity contribution < 1.29 is 4.79 Å². The Morgan fingerprint density at radius 1 is 1.53 bits per heavy atom. The van der Waals surface area contributed by atoms with Crippen LogP contribution in [-0.2, 0) is 6.54 Å². The first-order valence-corrected chi connectivity index (χ1v) is 7.10. The van der Waals surface area contributed by atoms with Crippen LogP contribution in [0.4, 0.5) is 5.13 Å². The maximum atomic E-state index is 12.3. The van der Waals surface area contributed by atoms with Gasteiger partial charge in [-0.25, -0.2) is 4.98 Å². The molecule has 0 unspecified atom stereocenters. The van der Waals surface area contributed by atoms with Gasteiger partial charge in [0, 0.05) is 23.5 Å². The second-order valence-corrected chi connectivity index (χ2v) is 5.35. The molecular weight excluding hydrogens is 282 g/mol. The molecule has 1 aromatic heterocycles. The van der Waals surface area contributed by atoms with E-state index in [0.29, 0.717) is 28.9 Å². The lowest BCUT2D eigenvalue weighted by Gasteiger charge is -2.20. The van der Waals surface area contributed by atoms with Gasteiger partial charge in [0.25, 0.3) is 5.91 Å². The molecule has 0 bridgehead atoms. The zero-order valence-corrected chi connectivity index (χ0v) is 12.0. The maximum absolute atomic E-state index is 12.3. The van der Waals surface area contributed by atoms with Crippen molar-refractivity contribution in [1.82, 2.24) is 9.88 Å². The molecule has 2 N–H and O–H groups in total. The number of anilines is 1. The number of nitrogens with two attached hydrogens (primary N) is 1. The van der Waals surface area contributed by atoms with Crippen LogP contribution in [0.5, 0.6) is 0 Å². The van der Waals surface area contributed by atoms with Crippen LogP contribution in [-0.4, -0.2) is 22.3 Å². The van der Waals surface area contributed by atoms with Crippen LogP contribution < -0.4 is 5.73 Å². The van der Waals surface area contributed by atoms with Crippen molar-refractivity contribution in [3.63, 3.8) is 0 Å². The summed E-state index contributed by atoms with van der Waals surface area (Å²) < 4.78 is 0. The van der Waals surface area contributed by atoms with Crippen molar-refractivity contribution in [1.29, 1.82) is 0 Å². The fourth-order valence-electron chi connectivity index (χ4n) is 1.73. The first kappa shape index (κ1) is 13.8. The van der Waals surface area contributed by atoms with Gasteiger partial charge in [-0.15, -0.1) is 11.3 Å². The highest BCUT2D eigenvalue weighted by molar-refractivity contribution is 7.13. The van der Waals surface area contributed by atoms with Crippen molar-refractivity contribution in [2.45, 2.75) is 13.5 Å². The van der Waals surface area contributed by atoms with E-state index in [4.69, 9.17) is 17.3 Å².